The van der Waals surface area contributed by atoms with Crippen LogP contribution in [0.2, 0.25) is 0 Å². The Hall–Kier alpha value is -0.760. The van der Waals surface area contributed by atoms with Crippen molar-refractivity contribution in [3.63, 3.8) is 0 Å². The minimum Gasteiger partial charge on any atom is -0.357 e. The number of hydrogen-bond donors (Lipinski definition) is 1. The first-order valence-electron chi connectivity index (χ1n) is 6.49. The van der Waals surface area contributed by atoms with E-state index in [0.29, 0.717) is 6.04 Å². The van der Waals surface area contributed by atoms with Gasteiger partial charge in [0.25, 0.3) is 0 Å². The van der Waals surface area contributed by atoms with Gasteiger partial charge in [0.1, 0.15) is 0 Å². The van der Waals surface area contributed by atoms with Gasteiger partial charge in [-0.1, -0.05) is 27.2 Å². The lowest BCUT2D eigenvalue weighted by Crippen LogP contribution is -2.29. The number of aromatic nitrogens is 1. The molecule has 0 saturated carbocycles. The maximum absolute atomic E-state index is 3.65. The van der Waals surface area contributed by atoms with Gasteiger partial charge in [-0.3, -0.25) is 0 Å². The fraction of sp³-hybridized carbons (Fsp3) is 0.714. The zero-order chi connectivity index (χ0) is 12.0. The SMILES string of the molecule is CCC(C)CC(CC)NCc1ccn(C)c1. The molecule has 0 aromatic carbocycles. The highest BCUT2D eigenvalue weighted by atomic mass is 14.9. The molecule has 1 heterocycles. The molecule has 0 spiro atoms. The minimum absolute atomic E-state index is 0.662. The summed E-state index contributed by atoms with van der Waals surface area (Å²) in [5, 5.41) is 3.65. The van der Waals surface area contributed by atoms with Crippen molar-refractivity contribution in [2.75, 3.05) is 0 Å². The Balaban J connectivity index is 2.33. The van der Waals surface area contributed by atoms with E-state index in [2.05, 4.69) is 56.2 Å². The van der Waals surface area contributed by atoms with Crippen LogP contribution in [-0.4, -0.2) is 10.6 Å². The summed E-state index contributed by atoms with van der Waals surface area (Å²) in [6.07, 6.45) is 8.08. The maximum atomic E-state index is 3.65. The lowest BCUT2D eigenvalue weighted by atomic mass is 9.98. The number of rotatable bonds is 7. The van der Waals surface area contributed by atoms with Gasteiger partial charge >= 0.3 is 0 Å². The molecular weight excluding hydrogens is 196 g/mol. The number of hydrogen-bond acceptors (Lipinski definition) is 1. The van der Waals surface area contributed by atoms with E-state index >= 15 is 0 Å². The summed E-state index contributed by atoms with van der Waals surface area (Å²) in [5.41, 5.74) is 1.38. The molecule has 0 bridgehead atoms. The van der Waals surface area contributed by atoms with Crippen molar-refractivity contribution in [1.29, 1.82) is 0 Å². The van der Waals surface area contributed by atoms with E-state index in [-0.39, 0.29) is 0 Å². The second kappa shape index (κ2) is 6.74. The van der Waals surface area contributed by atoms with Crippen LogP contribution in [-0.2, 0) is 13.6 Å². The summed E-state index contributed by atoms with van der Waals surface area (Å²) in [6, 6.07) is 2.85. The Labute approximate surface area is 100 Å². The minimum atomic E-state index is 0.662. The Morgan fingerprint density at radius 2 is 2.06 bits per heavy atom. The van der Waals surface area contributed by atoms with Gasteiger partial charge in [0.05, 0.1) is 0 Å². The highest BCUT2D eigenvalue weighted by molar-refractivity contribution is 5.09. The number of nitrogens with one attached hydrogen (secondary N) is 1. The van der Waals surface area contributed by atoms with Crippen LogP contribution < -0.4 is 5.32 Å². The van der Waals surface area contributed by atoms with Crippen molar-refractivity contribution >= 4 is 0 Å². The van der Waals surface area contributed by atoms with Gasteiger partial charge in [0.15, 0.2) is 0 Å². The highest BCUT2D eigenvalue weighted by Crippen LogP contribution is 2.12. The van der Waals surface area contributed by atoms with Crippen LogP contribution in [0.5, 0.6) is 0 Å². The molecule has 0 radical (unpaired) electrons. The first-order chi connectivity index (χ1) is 7.65. The molecule has 2 atom stereocenters. The van der Waals surface area contributed by atoms with Gasteiger partial charge in [0, 0.05) is 32.0 Å². The lowest BCUT2D eigenvalue weighted by Gasteiger charge is -2.20. The van der Waals surface area contributed by atoms with Crippen LogP contribution in [0.3, 0.4) is 0 Å². The molecule has 0 saturated heterocycles. The molecule has 0 aliphatic heterocycles. The third kappa shape index (κ3) is 4.40. The zero-order valence-corrected chi connectivity index (χ0v) is 11.2. The molecule has 0 aliphatic rings. The summed E-state index contributed by atoms with van der Waals surface area (Å²) in [6.45, 7) is 7.88. The Morgan fingerprint density at radius 3 is 2.56 bits per heavy atom. The van der Waals surface area contributed by atoms with Gasteiger partial charge in [-0.15, -0.1) is 0 Å². The van der Waals surface area contributed by atoms with Gasteiger partial charge in [0.2, 0.25) is 0 Å². The normalized spacial score (nSPS) is 15.0. The average molecular weight is 222 g/mol. The second-order valence-corrected chi connectivity index (χ2v) is 4.92. The topological polar surface area (TPSA) is 17.0 Å². The largest absolute Gasteiger partial charge is 0.357 e. The van der Waals surface area contributed by atoms with Crippen LogP contribution in [0.25, 0.3) is 0 Å². The molecule has 1 aromatic rings. The van der Waals surface area contributed by atoms with Crippen LogP contribution in [0.1, 0.15) is 45.6 Å². The summed E-state index contributed by atoms with van der Waals surface area (Å²) in [7, 11) is 2.07. The second-order valence-electron chi connectivity index (χ2n) is 4.92. The maximum Gasteiger partial charge on any atom is 0.0223 e. The van der Waals surface area contributed by atoms with E-state index < -0.39 is 0 Å². The van der Waals surface area contributed by atoms with Crippen LogP contribution >= 0.6 is 0 Å². The van der Waals surface area contributed by atoms with E-state index in [1.807, 2.05) is 0 Å². The third-order valence-corrected chi connectivity index (χ3v) is 3.36. The molecule has 1 rings (SSSR count). The first kappa shape index (κ1) is 13.3. The summed E-state index contributed by atoms with van der Waals surface area (Å²) in [4.78, 5) is 0. The monoisotopic (exact) mass is 222 g/mol. The highest BCUT2D eigenvalue weighted by Gasteiger charge is 2.09. The summed E-state index contributed by atoms with van der Waals surface area (Å²) < 4.78 is 2.10. The lowest BCUT2D eigenvalue weighted by molar-refractivity contribution is 0.384. The fourth-order valence-corrected chi connectivity index (χ4v) is 1.97. The Morgan fingerprint density at radius 1 is 1.31 bits per heavy atom. The van der Waals surface area contributed by atoms with Gasteiger partial charge in [-0.2, -0.15) is 0 Å². The fourth-order valence-electron chi connectivity index (χ4n) is 1.97. The zero-order valence-electron chi connectivity index (χ0n) is 11.2. The van der Waals surface area contributed by atoms with E-state index in [4.69, 9.17) is 0 Å². The Kier molecular flexibility index (Phi) is 5.61. The molecule has 0 amide bonds. The van der Waals surface area contributed by atoms with E-state index in [0.717, 1.165) is 12.5 Å². The quantitative estimate of drug-likeness (QED) is 0.749. The molecule has 0 aliphatic carbocycles. The molecule has 1 N–H and O–H groups in total. The Bertz CT molecular complexity index is 291. The smallest absolute Gasteiger partial charge is 0.0223 e. The first-order valence-corrected chi connectivity index (χ1v) is 6.49. The van der Waals surface area contributed by atoms with E-state index in [1.54, 1.807) is 0 Å². The van der Waals surface area contributed by atoms with Crippen molar-refractivity contribution in [1.82, 2.24) is 9.88 Å². The molecule has 2 heteroatoms. The van der Waals surface area contributed by atoms with Crippen molar-refractivity contribution in [2.24, 2.45) is 13.0 Å². The van der Waals surface area contributed by atoms with Crippen LogP contribution in [0.15, 0.2) is 18.5 Å². The third-order valence-electron chi connectivity index (χ3n) is 3.36. The standard InChI is InChI=1S/C14H26N2/c1-5-12(3)9-14(6-2)15-10-13-7-8-16(4)11-13/h7-8,11-12,14-15H,5-6,9-10H2,1-4H3. The van der Waals surface area contributed by atoms with Crippen molar-refractivity contribution in [3.05, 3.63) is 24.0 Å². The van der Waals surface area contributed by atoms with Gasteiger partial charge < -0.3 is 9.88 Å². The predicted molar refractivity (Wildman–Crippen MR) is 70.4 cm³/mol. The van der Waals surface area contributed by atoms with Crippen LogP contribution in [0.4, 0.5) is 0 Å². The van der Waals surface area contributed by atoms with Crippen molar-refractivity contribution in [3.8, 4) is 0 Å². The molecule has 16 heavy (non-hydrogen) atoms. The van der Waals surface area contributed by atoms with Crippen LogP contribution in [0, 0.1) is 5.92 Å². The van der Waals surface area contributed by atoms with E-state index in [9.17, 15) is 0 Å². The number of aryl methyl sites for hydroxylation is 1. The molecule has 2 unspecified atom stereocenters. The van der Waals surface area contributed by atoms with Crippen molar-refractivity contribution < 1.29 is 0 Å². The summed E-state index contributed by atoms with van der Waals surface area (Å²) >= 11 is 0. The molecule has 92 valence electrons. The van der Waals surface area contributed by atoms with Gasteiger partial charge in [-0.05, 0) is 30.4 Å². The van der Waals surface area contributed by atoms with Crippen molar-refractivity contribution in [2.45, 2.75) is 52.6 Å². The molecule has 1 aromatic heterocycles. The summed E-state index contributed by atoms with van der Waals surface area (Å²) in [5.74, 6) is 0.827. The molecule has 2 nitrogen and oxygen atoms in total. The van der Waals surface area contributed by atoms with E-state index in [1.165, 1.54) is 24.8 Å². The molecular formula is C14H26N2. The molecule has 0 fully saturated rings. The number of nitrogens with zero attached hydrogens (tertiary/aromatic N) is 1. The van der Waals surface area contributed by atoms with Gasteiger partial charge in [-0.25, -0.2) is 0 Å². The predicted octanol–water partition coefficient (Wildman–Crippen LogP) is 3.33. The average Bonchev–Trinajstić information content (AvgIpc) is 2.69.